The van der Waals surface area contributed by atoms with Crippen molar-refractivity contribution in [3.8, 4) is 0 Å². The summed E-state index contributed by atoms with van der Waals surface area (Å²) >= 11 is 5.87. The van der Waals surface area contributed by atoms with Gasteiger partial charge >= 0.3 is 0 Å². The first-order chi connectivity index (χ1) is 8.24. The average molecular weight is 253 g/mol. The van der Waals surface area contributed by atoms with Crippen molar-refractivity contribution in [1.82, 2.24) is 14.9 Å². The third-order valence-corrected chi connectivity index (χ3v) is 3.77. The first-order valence-corrected chi connectivity index (χ1v) is 6.60. The molecule has 0 spiro atoms. The smallest absolute Gasteiger partial charge is 0.224 e. The molecule has 1 aromatic rings. The Morgan fingerprint density at radius 1 is 1.24 bits per heavy atom. The van der Waals surface area contributed by atoms with E-state index in [-0.39, 0.29) is 0 Å². The number of aryl methyl sites for hydroxylation is 1. The van der Waals surface area contributed by atoms with E-state index in [4.69, 9.17) is 11.6 Å². The molecule has 92 valence electrons. The lowest BCUT2D eigenvalue weighted by Crippen LogP contribution is -2.47. The monoisotopic (exact) mass is 252 g/mol. The van der Waals surface area contributed by atoms with E-state index in [0.29, 0.717) is 5.28 Å². The summed E-state index contributed by atoms with van der Waals surface area (Å²) in [7, 11) is 0. The number of aromatic nitrogens is 2. The summed E-state index contributed by atoms with van der Waals surface area (Å²) in [5.41, 5.74) is 1.11. The van der Waals surface area contributed by atoms with E-state index in [1.807, 2.05) is 6.92 Å². The molecule has 1 saturated carbocycles. The van der Waals surface area contributed by atoms with Crippen LogP contribution in [0.1, 0.15) is 18.4 Å². The predicted molar refractivity (Wildman–Crippen MR) is 68.6 cm³/mol. The summed E-state index contributed by atoms with van der Waals surface area (Å²) in [5.74, 6) is 1.00. The van der Waals surface area contributed by atoms with Gasteiger partial charge in [0.25, 0.3) is 0 Å². The van der Waals surface area contributed by atoms with Crippen molar-refractivity contribution in [2.45, 2.75) is 25.8 Å². The summed E-state index contributed by atoms with van der Waals surface area (Å²) in [6, 6.07) is 0.868. The molecule has 2 fully saturated rings. The number of nitrogens with zero attached hydrogens (tertiary/aromatic N) is 4. The van der Waals surface area contributed by atoms with Crippen LogP contribution in [-0.2, 0) is 0 Å². The Hall–Kier alpha value is -0.870. The lowest BCUT2D eigenvalue weighted by atomic mass is 10.2. The molecule has 17 heavy (non-hydrogen) atoms. The molecule has 4 nitrogen and oxygen atoms in total. The van der Waals surface area contributed by atoms with Gasteiger partial charge in [-0.1, -0.05) is 0 Å². The number of hydrogen-bond donors (Lipinski definition) is 0. The van der Waals surface area contributed by atoms with Crippen molar-refractivity contribution in [2.24, 2.45) is 0 Å². The van der Waals surface area contributed by atoms with E-state index in [2.05, 4.69) is 19.8 Å². The van der Waals surface area contributed by atoms with E-state index < -0.39 is 0 Å². The molecule has 0 aromatic carbocycles. The lowest BCUT2D eigenvalue weighted by molar-refractivity contribution is 0.247. The molecule has 1 aliphatic carbocycles. The first kappa shape index (κ1) is 11.2. The molecule has 1 saturated heterocycles. The molecule has 2 aliphatic rings. The van der Waals surface area contributed by atoms with Crippen molar-refractivity contribution in [3.05, 3.63) is 17.0 Å². The van der Waals surface area contributed by atoms with Crippen LogP contribution in [0.3, 0.4) is 0 Å². The minimum Gasteiger partial charge on any atom is -0.354 e. The molecule has 0 N–H and O–H groups in total. The van der Waals surface area contributed by atoms with Gasteiger partial charge in [-0.2, -0.15) is 0 Å². The van der Waals surface area contributed by atoms with Gasteiger partial charge in [-0.15, -0.1) is 0 Å². The van der Waals surface area contributed by atoms with Crippen molar-refractivity contribution in [1.29, 1.82) is 0 Å². The standard InChI is InChI=1S/C12H17ClN4/c1-9-8-14-12(13)15-11(9)17-6-4-16(5-7-17)10-2-3-10/h8,10H,2-7H2,1H3. The summed E-state index contributed by atoms with van der Waals surface area (Å²) in [6.07, 6.45) is 4.58. The highest BCUT2D eigenvalue weighted by atomic mass is 35.5. The maximum atomic E-state index is 5.87. The topological polar surface area (TPSA) is 32.3 Å². The maximum absolute atomic E-state index is 5.87. The summed E-state index contributed by atoms with van der Waals surface area (Å²) in [4.78, 5) is 13.3. The van der Waals surface area contributed by atoms with Crippen LogP contribution in [0.5, 0.6) is 0 Å². The highest BCUT2D eigenvalue weighted by Crippen LogP contribution is 2.28. The normalized spacial score (nSPS) is 21.9. The van der Waals surface area contributed by atoms with Crippen LogP contribution >= 0.6 is 11.6 Å². The number of rotatable bonds is 2. The van der Waals surface area contributed by atoms with Gasteiger partial charge in [0, 0.05) is 44.0 Å². The van der Waals surface area contributed by atoms with Crippen molar-refractivity contribution >= 4 is 17.4 Å². The van der Waals surface area contributed by atoms with Gasteiger partial charge in [0.15, 0.2) is 0 Å². The third kappa shape index (κ3) is 2.38. The SMILES string of the molecule is Cc1cnc(Cl)nc1N1CCN(C2CC2)CC1. The molecule has 0 bridgehead atoms. The number of anilines is 1. The zero-order valence-electron chi connectivity index (χ0n) is 10.1. The van der Waals surface area contributed by atoms with E-state index in [9.17, 15) is 0 Å². The number of hydrogen-bond acceptors (Lipinski definition) is 4. The Balaban J connectivity index is 1.70. The first-order valence-electron chi connectivity index (χ1n) is 6.22. The fraction of sp³-hybridized carbons (Fsp3) is 0.667. The molecular weight excluding hydrogens is 236 g/mol. The number of piperazine rings is 1. The molecule has 0 amide bonds. The Bertz CT molecular complexity index is 411. The van der Waals surface area contributed by atoms with Crippen molar-refractivity contribution in [3.63, 3.8) is 0 Å². The van der Waals surface area contributed by atoms with Crippen LogP contribution in [0, 0.1) is 6.92 Å². The average Bonchev–Trinajstić information content (AvgIpc) is 3.17. The maximum Gasteiger partial charge on any atom is 0.224 e. The summed E-state index contributed by atoms with van der Waals surface area (Å²) < 4.78 is 0. The highest BCUT2D eigenvalue weighted by molar-refractivity contribution is 6.28. The minimum atomic E-state index is 0.343. The molecule has 1 aliphatic heterocycles. The van der Waals surface area contributed by atoms with Crippen LogP contribution in [0.2, 0.25) is 5.28 Å². The summed E-state index contributed by atoms with van der Waals surface area (Å²) in [6.45, 7) is 6.42. The second-order valence-corrected chi connectivity index (χ2v) is 5.24. The van der Waals surface area contributed by atoms with Crippen molar-refractivity contribution in [2.75, 3.05) is 31.1 Å². The third-order valence-electron chi connectivity index (χ3n) is 3.59. The van der Waals surface area contributed by atoms with Crippen LogP contribution in [0.4, 0.5) is 5.82 Å². The minimum absolute atomic E-state index is 0.343. The van der Waals surface area contributed by atoms with Gasteiger partial charge in [0.1, 0.15) is 5.82 Å². The zero-order valence-corrected chi connectivity index (χ0v) is 10.8. The highest BCUT2D eigenvalue weighted by Gasteiger charge is 2.31. The van der Waals surface area contributed by atoms with Crippen molar-refractivity contribution < 1.29 is 0 Å². The van der Waals surface area contributed by atoms with Gasteiger partial charge in [-0.25, -0.2) is 9.97 Å². The van der Waals surface area contributed by atoms with Gasteiger partial charge in [0.2, 0.25) is 5.28 Å². The van der Waals surface area contributed by atoms with Gasteiger partial charge in [0.05, 0.1) is 0 Å². The second-order valence-electron chi connectivity index (χ2n) is 4.90. The molecular formula is C12H17ClN4. The Labute approximate surface area is 107 Å². The van der Waals surface area contributed by atoms with E-state index in [0.717, 1.165) is 43.6 Å². The Morgan fingerprint density at radius 2 is 1.94 bits per heavy atom. The lowest BCUT2D eigenvalue weighted by Gasteiger charge is -2.36. The molecule has 0 unspecified atom stereocenters. The Morgan fingerprint density at radius 3 is 2.59 bits per heavy atom. The quantitative estimate of drug-likeness (QED) is 0.751. The molecule has 0 atom stereocenters. The molecule has 5 heteroatoms. The van der Waals surface area contributed by atoms with E-state index >= 15 is 0 Å². The van der Waals surface area contributed by atoms with Gasteiger partial charge < -0.3 is 4.90 Å². The largest absolute Gasteiger partial charge is 0.354 e. The van der Waals surface area contributed by atoms with Crippen LogP contribution in [-0.4, -0.2) is 47.1 Å². The summed E-state index contributed by atoms with van der Waals surface area (Å²) in [5, 5.41) is 0.343. The predicted octanol–water partition coefficient (Wildman–Crippen LogP) is 1.72. The fourth-order valence-electron chi connectivity index (χ4n) is 2.47. The molecule has 2 heterocycles. The van der Waals surface area contributed by atoms with Gasteiger partial charge in [-0.05, 0) is 31.4 Å². The van der Waals surface area contributed by atoms with Crippen LogP contribution in [0.15, 0.2) is 6.20 Å². The van der Waals surface area contributed by atoms with E-state index in [1.165, 1.54) is 12.8 Å². The van der Waals surface area contributed by atoms with Crippen LogP contribution < -0.4 is 4.90 Å². The molecule has 1 aromatic heterocycles. The Kier molecular flexibility index (Phi) is 2.92. The molecule has 0 radical (unpaired) electrons. The zero-order chi connectivity index (χ0) is 11.8. The molecule has 3 rings (SSSR count). The van der Waals surface area contributed by atoms with Crippen LogP contribution in [0.25, 0.3) is 0 Å². The number of halogens is 1. The fourth-order valence-corrected chi connectivity index (χ4v) is 2.60. The second kappa shape index (κ2) is 4.42. The van der Waals surface area contributed by atoms with Gasteiger partial charge in [-0.3, -0.25) is 4.90 Å². The van der Waals surface area contributed by atoms with E-state index in [1.54, 1.807) is 6.20 Å².